The van der Waals surface area contributed by atoms with Gasteiger partial charge >= 0.3 is 0 Å². The third-order valence-electron chi connectivity index (χ3n) is 3.90. The van der Waals surface area contributed by atoms with E-state index in [4.69, 9.17) is 4.74 Å². The monoisotopic (exact) mass is 312 g/mol. The van der Waals surface area contributed by atoms with E-state index in [0.717, 1.165) is 24.2 Å². The highest BCUT2D eigenvalue weighted by Crippen LogP contribution is 2.35. The summed E-state index contributed by atoms with van der Waals surface area (Å²) in [6, 6.07) is 1.94. The zero-order valence-corrected chi connectivity index (χ0v) is 12.7. The largest absolute Gasteiger partial charge is 0.504 e. The Morgan fingerprint density at radius 2 is 2.09 bits per heavy atom. The normalized spacial score (nSPS) is 15.3. The van der Waals surface area contributed by atoms with Gasteiger partial charge in [-0.25, -0.2) is 9.97 Å². The molecule has 23 heavy (non-hydrogen) atoms. The molecular formula is C15H16N6O2. The van der Waals surface area contributed by atoms with Gasteiger partial charge in [0.15, 0.2) is 11.4 Å². The SMILES string of the molecule is Cc1nc(-c2ncc3c(N4CCOCC4)ccnc3c2O)n[nH]1. The van der Waals surface area contributed by atoms with Crippen molar-refractivity contribution >= 4 is 16.6 Å². The van der Waals surface area contributed by atoms with Crippen LogP contribution in [-0.2, 0) is 4.74 Å². The smallest absolute Gasteiger partial charge is 0.203 e. The van der Waals surface area contributed by atoms with E-state index in [1.807, 2.05) is 6.07 Å². The maximum absolute atomic E-state index is 10.6. The third kappa shape index (κ3) is 2.36. The lowest BCUT2D eigenvalue weighted by molar-refractivity contribution is 0.123. The fraction of sp³-hybridized carbons (Fsp3) is 0.333. The summed E-state index contributed by atoms with van der Waals surface area (Å²) in [5.41, 5.74) is 1.83. The van der Waals surface area contributed by atoms with E-state index in [0.29, 0.717) is 36.1 Å². The Kier molecular flexibility index (Phi) is 3.30. The molecule has 8 heteroatoms. The summed E-state index contributed by atoms with van der Waals surface area (Å²) in [6.07, 6.45) is 3.41. The number of aromatic hydroxyl groups is 1. The lowest BCUT2D eigenvalue weighted by Gasteiger charge is -2.29. The highest BCUT2D eigenvalue weighted by molar-refractivity contribution is 5.97. The van der Waals surface area contributed by atoms with Gasteiger partial charge in [0.1, 0.15) is 11.3 Å². The van der Waals surface area contributed by atoms with Gasteiger partial charge in [0.25, 0.3) is 0 Å². The Hall–Kier alpha value is -2.74. The Morgan fingerprint density at radius 1 is 1.26 bits per heavy atom. The van der Waals surface area contributed by atoms with Crippen molar-refractivity contribution < 1.29 is 9.84 Å². The predicted molar refractivity (Wildman–Crippen MR) is 84.3 cm³/mol. The minimum Gasteiger partial charge on any atom is -0.504 e. The molecule has 0 amide bonds. The van der Waals surface area contributed by atoms with Gasteiger partial charge in [-0.3, -0.25) is 10.1 Å². The molecule has 0 bridgehead atoms. The van der Waals surface area contributed by atoms with Crippen LogP contribution in [0.4, 0.5) is 5.69 Å². The maximum atomic E-state index is 10.6. The van der Waals surface area contributed by atoms with E-state index < -0.39 is 0 Å². The van der Waals surface area contributed by atoms with Gasteiger partial charge in [-0.2, -0.15) is 5.10 Å². The number of rotatable bonds is 2. The Labute approximate surface area is 132 Å². The van der Waals surface area contributed by atoms with Gasteiger partial charge in [0.05, 0.1) is 13.2 Å². The van der Waals surface area contributed by atoms with Gasteiger partial charge in [-0.05, 0) is 13.0 Å². The average molecular weight is 312 g/mol. The van der Waals surface area contributed by atoms with Gasteiger partial charge in [-0.1, -0.05) is 0 Å². The van der Waals surface area contributed by atoms with E-state index in [2.05, 4.69) is 30.0 Å². The van der Waals surface area contributed by atoms with Crippen molar-refractivity contribution in [3.05, 3.63) is 24.3 Å². The number of morpholine rings is 1. The zero-order chi connectivity index (χ0) is 15.8. The molecule has 3 aromatic rings. The number of hydrogen-bond donors (Lipinski definition) is 2. The Balaban J connectivity index is 1.85. The van der Waals surface area contributed by atoms with Gasteiger partial charge < -0.3 is 14.7 Å². The quantitative estimate of drug-likeness (QED) is 0.735. The van der Waals surface area contributed by atoms with Crippen molar-refractivity contribution in [2.75, 3.05) is 31.2 Å². The topological polar surface area (TPSA) is 100 Å². The molecule has 118 valence electrons. The lowest BCUT2D eigenvalue weighted by atomic mass is 10.1. The first-order valence-electron chi connectivity index (χ1n) is 7.43. The average Bonchev–Trinajstić information content (AvgIpc) is 3.02. The Bertz CT molecular complexity index is 856. The second-order valence-electron chi connectivity index (χ2n) is 5.39. The maximum Gasteiger partial charge on any atom is 0.203 e. The van der Waals surface area contributed by atoms with E-state index >= 15 is 0 Å². The van der Waals surface area contributed by atoms with Crippen LogP contribution in [0.25, 0.3) is 22.4 Å². The molecule has 0 radical (unpaired) electrons. The highest BCUT2D eigenvalue weighted by atomic mass is 16.5. The zero-order valence-electron chi connectivity index (χ0n) is 12.7. The van der Waals surface area contributed by atoms with Crippen LogP contribution in [-0.4, -0.2) is 56.6 Å². The van der Waals surface area contributed by atoms with Crippen LogP contribution in [0.1, 0.15) is 5.82 Å². The number of anilines is 1. The van der Waals surface area contributed by atoms with Gasteiger partial charge in [0, 0.05) is 36.6 Å². The van der Waals surface area contributed by atoms with Crippen LogP contribution < -0.4 is 4.90 Å². The second kappa shape index (κ2) is 5.47. The minimum atomic E-state index is -0.00314. The predicted octanol–water partition coefficient (Wildman–Crippen LogP) is 1.27. The van der Waals surface area contributed by atoms with Crippen LogP contribution in [0, 0.1) is 6.92 Å². The fourth-order valence-electron chi connectivity index (χ4n) is 2.77. The van der Waals surface area contributed by atoms with Crippen molar-refractivity contribution in [2.45, 2.75) is 6.92 Å². The number of nitrogens with one attached hydrogen (secondary N) is 1. The van der Waals surface area contributed by atoms with Crippen LogP contribution in [0.15, 0.2) is 18.5 Å². The van der Waals surface area contributed by atoms with Crippen LogP contribution in [0.5, 0.6) is 5.75 Å². The van der Waals surface area contributed by atoms with E-state index in [9.17, 15) is 5.11 Å². The molecule has 4 rings (SSSR count). The molecule has 1 aliphatic rings. The number of nitrogens with zero attached hydrogens (tertiary/aromatic N) is 5. The lowest BCUT2D eigenvalue weighted by Crippen LogP contribution is -2.36. The molecule has 0 saturated carbocycles. The molecule has 8 nitrogen and oxygen atoms in total. The summed E-state index contributed by atoms with van der Waals surface area (Å²) in [6.45, 7) is 4.79. The summed E-state index contributed by atoms with van der Waals surface area (Å²) in [4.78, 5) is 15.1. The van der Waals surface area contributed by atoms with Gasteiger partial charge in [-0.15, -0.1) is 0 Å². The van der Waals surface area contributed by atoms with Crippen molar-refractivity contribution in [3.8, 4) is 17.3 Å². The molecule has 2 N–H and O–H groups in total. The molecule has 0 unspecified atom stereocenters. The van der Waals surface area contributed by atoms with E-state index in [1.165, 1.54) is 0 Å². The number of ether oxygens (including phenoxy) is 1. The Morgan fingerprint density at radius 3 is 2.83 bits per heavy atom. The van der Waals surface area contributed by atoms with Crippen LogP contribution in [0.3, 0.4) is 0 Å². The molecule has 0 spiro atoms. The molecule has 3 aromatic heterocycles. The highest BCUT2D eigenvalue weighted by Gasteiger charge is 2.19. The third-order valence-corrected chi connectivity index (χ3v) is 3.90. The first-order valence-corrected chi connectivity index (χ1v) is 7.43. The number of aromatic nitrogens is 5. The number of pyridine rings is 2. The van der Waals surface area contributed by atoms with E-state index in [-0.39, 0.29) is 5.75 Å². The first kappa shape index (κ1) is 13.9. The number of hydrogen-bond acceptors (Lipinski definition) is 7. The molecule has 1 fully saturated rings. The van der Waals surface area contributed by atoms with E-state index in [1.54, 1.807) is 19.3 Å². The summed E-state index contributed by atoms with van der Waals surface area (Å²) in [5.74, 6) is 1.02. The molecule has 4 heterocycles. The molecule has 0 aliphatic carbocycles. The number of H-pyrrole nitrogens is 1. The minimum absolute atomic E-state index is 0.00314. The molecule has 1 saturated heterocycles. The summed E-state index contributed by atoms with van der Waals surface area (Å²) >= 11 is 0. The number of fused-ring (bicyclic) bond motifs is 1. The van der Waals surface area contributed by atoms with Crippen molar-refractivity contribution in [2.24, 2.45) is 0 Å². The number of aromatic amines is 1. The molecule has 1 aliphatic heterocycles. The van der Waals surface area contributed by atoms with Crippen molar-refractivity contribution in [1.82, 2.24) is 25.1 Å². The van der Waals surface area contributed by atoms with Crippen molar-refractivity contribution in [1.29, 1.82) is 0 Å². The van der Waals surface area contributed by atoms with Crippen LogP contribution >= 0.6 is 0 Å². The number of aryl methyl sites for hydroxylation is 1. The second-order valence-corrected chi connectivity index (χ2v) is 5.39. The fourth-order valence-corrected chi connectivity index (χ4v) is 2.77. The first-order chi connectivity index (χ1) is 11.2. The summed E-state index contributed by atoms with van der Waals surface area (Å²) in [7, 11) is 0. The standard InChI is InChI=1S/C15H16N6O2/c1-9-18-15(20-19-9)13-14(22)12-10(8-17-13)11(2-3-16-12)21-4-6-23-7-5-21/h2-3,8,22H,4-7H2,1H3,(H,18,19,20). The van der Waals surface area contributed by atoms with Gasteiger partial charge in [0.2, 0.25) is 5.82 Å². The van der Waals surface area contributed by atoms with Crippen LogP contribution in [0.2, 0.25) is 0 Å². The summed E-state index contributed by atoms with van der Waals surface area (Å²) in [5, 5.41) is 18.2. The summed E-state index contributed by atoms with van der Waals surface area (Å²) < 4.78 is 5.39. The molecule has 0 aromatic carbocycles. The van der Waals surface area contributed by atoms with Crippen molar-refractivity contribution in [3.63, 3.8) is 0 Å². The molecule has 0 atom stereocenters. The molecular weight excluding hydrogens is 296 g/mol.